The molecule has 1 N–H and O–H groups in total. The highest BCUT2D eigenvalue weighted by atomic mass is 32.2. The Morgan fingerprint density at radius 1 is 1.25 bits per heavy atom. The van der Waals surface area contributed by atoms with E-state index in [4.69, 9.17) is 0 Å². The van der Waals surface area contributed by atoms with Crippen molar-refractivity contribution in [2.75, 3.05) is 18.8 Å². The zero-order valence-corrected chi connectivity index (χ0v) is 14.7. The highest BCUT2D eigenvalue weighted by molar-refractivity contribution is 7.91. The molecule has 0 saturated heterocycles. The molecule has 0 spiro atoms. The van der Waals surface area contributed by atoms with E-state index in [-0.39, 0.29) is 5.25 Å². The van der Waals surface area contributed by atoms with Gasteiger partial charge in [0, 0.05) is 0 Å². The molecule has 2 atom stereocenters. The first-order chi connectivity index (χ1) is 9.18. The van der Waals surface area contributed by atoms with E-state index in [0.717, 1.165) is 25.9 Å². The van der Waals surface area contributed by atoms with E-state index in [1.165, 1.54) is 12.8 Å². The third kappa shape index (κ3) is 5.36. The maximum atomic E-state index is 12.0. The minimum atomic E-state index is -2.90. The Morgan fingerprint density at radius 3 is 2.45 bits per heavy atom. The van der Waals surface area contributed by atoms with Crippen LogP contribution < -0.4 is 5.32 Å². The number of sulfone groups is 1. The van der Waals surface area contributed by atoms with Gasteiger partial charge in [-0.25, -0.2) is 8.42 Å². The normalized spacial score (nSPS) is 26.9. The minimum absolute atomic E-state index is 0.244. The van der Waals surface area contributed by atoms with Gasteiger partial charge in [0.15, 0.2) is 9.84 Å². The summed E-state index contributed by atoms with van der Waals surface area (Å²) in [6, 6.07) is 0. The lowest BCUT2D eigenvalue weighted by atomic mass is 9.66. The zero-order chi connectivity index (χ0) is 15.4. The molecule has 1 saturated carbocycles. The van der Waals surface area contributed by atoms with Crippen molar-refractivity contribution >= 4 is 9.84 Å². The molecule has 1 aliphatic carbocycles. The molecule has 0 aromatic heterocycles. The number of rotatable bonds is 7. The van der Waals surface area contributed by atoms with Gasteiger partial charge in [-0.15, -0.1) is 0 Å². The molecule has 2 unspecified atom stereocenters. The van der Waals surface area contributed by atoms with Gasteiger partial charge >= 0.3 is 0 Å². The van der Waals surface area contributed by atoms with Crippen LogP contribution in [0.4, 0.5) is 0 Å². The van der Waals surface area contributed by atoms with Gasteiger partial charge in [-0.1, -0.05) is 20.8 Å². The highest BCUT2D eigenvalue weighted by Crippen LogP contribution is 2.43. The molecular weight excluding hydrogens is 270 g/mol. The molecule has 1 rings (SSSR count). The summed E-state index contributed by atoms with van der Waals surface area (Å²) in [6.45, 7) is 12.4. The monoisotopic (exact) mass is 303 g/mol. The fourth-order valence-corrected chi connectivity index (χ4v) is 4.38. The summed E-state index contributed by atoms with van der Waals surface area (Å²) in [6.07, 6.45) is 4.49. The summed E-state index contributed by atoms with van der Waals surface area (Å²) in [5.41, 5.74) is 0.370. The quantitative estimate of drug-likeness (QED) is 0.785. The molecular formula is C16H33NO2S. The van der Waals surface area contributed by atoms with Crippen LogP contribution in [0.15, 0.2) is 0 Å². The lowest BCUT2D eigenvalue weighted by Crippen LogP contribution is -2.37. The molecule has 3 nitrogen and oxygen atoms in total. The van der Waals surface area contributed by atoms with E-state index in [1.807, 2.05) is 0 Å². The molecule has 0 aromatic carbocycles. The van der Waals surface area contributed by atoms with Gasteiger partial charge < -0.3 is 5.32 Å². The van der Waals surface area contributed by atoms with Gasteiger partial charge in [0.25, 0.3) is 0 Å². The number of nitrogens with one attached hydrogen (secondary N) is 1. The summed E-state index contributed by atoms with van der Waals surface area (Å²) >= 11 is 0. The van der Waals surface area contributed by atoms with E-state index < -0.39 is 9.84 Å². The lowest BCUT2D eigenvalue weighted by Gasteiger charge is -2.41. The molecule has 0 bridgehead atoms. The Hall–Kier alpha value is -0.0900. The van der Waals surface area contributed by atoms with Crippen LogP contribution in [0, 0.1) is 17.3 Å². The Balaban J connectivity index is 2.64. The second kappa shape index (κ2) is 7.26. The van der Waals surface area contributed by atoms with Crippen molar-refractivity contribution in [3.05, 3.63) is 0 Å². The van der Waals surface area contributed by atoms with Crippen LogP contribution >= 0.6 is 0 Å². The van der Waals surface area contributed by atoms with Crippen LogP contribution in [-0.4, -0.2) is 32.5 Å². The standard InChI is InChI=1S/C16H33NO2S/c1-6-17-12-15-7-9-16(4,5)11-14(15)8-10-20(18,19)13(2)3/h13-15,17H,6-12H2,1-5H3. The first-order valence-corrected chi connectivity index (χ1v) is 9.82. The van der Waals surface area contributed by atoms with Gasteiger partial charge in [-0.3, -0.25) is 0 Å². The summed E-state index contributed by atoms with van der Waals surface area (Å²) < 4.78 is 24.1. The summed E-state index contributed by atoms with van der Waals surface area (Å²) in [5.74, 6) is 1.55. The highest BCUT2D eigenvalue weighted by Gasteiger charge is 2.35. The van der Waals surface area contributed by atoms with Crippen molar-refractivity contribution in [1.82, 2.24) is 5.32 Å². The maximum absolute atomic E-state index is 12.0. The van der Waals surface area contributed by atoms with E-state index in [2.05, 4.69) is 26.1 Å². The molecule has 0 amide bonds. The SMILES string of the molecule is CCNCC1CCC(C)(C)CC1CCS(=O)(=O)C(C)C. The molecule has 4 heteroatoms. The van der Waals surface area contributed by atoms with E-state index in [0.29, 0.717) is 23.0 Å². The van der Waals surface area contributed by atoms with E-state index in [9.17, 15) is 8.42 Å². The van der Waals surface area contributed by atoms with Crippen LogP contribution in [-0.2, 0) is 9.84 Å². The molecule has 20 heavy (non-hydrogen) atoms. The smallest absolute Gasteiger partial charge is 0.152 e. The van der Waals surface area contributed by atoms with Crippen LogP contribution in [0.1, 0.15) is 60.3 Å². The lowest BCUT2D eigenvalue weighted by molar-refractivity contribution is 0.114. The average Bonchev–Trinajstić information content (AvgIpc) is 2.34. The predicted molar refractivity (Wildman–Crippen MR) is 86.7 cm³/mol. The first kappa shape index (κ1) is 18.0. The van der Waals surface area contributed by atoms with Crippen molar-refractivity contribution < 1.29 is 8.42 Å². The maximum Gasteiger partial charge on any atom is 0.152 e. The van der Waals surface area contributed by atoms with Crippen molar-refractivity contribution in [3.8, 4) is 0 Å². The van der Waals surface area contributed by atoms with Gasteiger partial charge in [0.2, 0.25) is 0 Å². The Labute approximate surface area is 125 Å². The summed E-state index contributed by atoms with van der Waals surface area (Å²) in [7, 11) is -2.90. The Bertz CT molecular complexity index is 387. The molecule has 0 radical (unpaired) electrons. The molecule has 0 aliphatic heterocycles. The fourth-order valence-electron chi connectivity index (χ4n) is 3.28. The van der Waals surface area contributed by atoms with Crippen LogP contribution in [0.2, 0.25) is 0 Å². The second-order valence-electron chi connectivity index (χ2n) is 7.44. The Kier molecular flexibility index (Phi) is 6.52. The largest absolute Gasteiger partial charge is 0.317 e. The molecule has 0 heterocycles. The van der Waals surface area contributed by atoms with E-state index in [1.54, 1.807) is 13.8 Å². The minimum Gasteiger partial charge on any atom is -0.317 e. The predicted octanol–water partition coefficient (Wildman–Crippen LogP) is 3.25. The molecule has 1 aliphatic rings. The number of hydrogen-bond donors (Lipinski definition) is 1. The van der Waals surface area contributed by atoms with Crippen molar-refractivity contribution in [2.45, 2.75) is 65.6 Å². The van der Waals surface area contributed by atoms with Crippen molar-refractivity contribution in [3.63, 3.8) is 0 Å². The van der Waals surface area contributed by atoms with Crippen LogP contribution in [0.3, 0.4) is 0 Å². The zero-order valence-electron chi connectivity index (χ0n) is 13.9. The average molecular weight is 304 g/mol. The molecule has 0 aromatic rings. The summed E-state index contributed by atoms with van der Waals surface area (Å²) in [5, 5.41) is 3.20. The van der Waals surface area contributed by atoms with Gasteiger partial charge in [-0.05, 0) is 69.9 Å². The topological polar surface area (TPSA) is 46.2 Å². The van der Waals surface area contributed by atoms with E-state index >= 15 is 0 Å². The third-order valence-electron chi connectivity index (χ3n) is 4.82. The van der Waals surface area contributed by atoms with Gasteiger partial charge in [-0.2, -0.15) is 0 Å². The fraction of sp³-hybridized carbons (Fsp3) is 1.00. The van der Waals surface area contributed by atoms with Gasteiger partial charge in [0.1, 0.15) is 0 Å². The Morgan fingerprint density at radius 2 is 1.90 bits per heavy atom. The summed E-state index contributed by atoms with van der Waals surface area (Å²) in [4.78, 5) is 0. The van der Waals surface area contributed by atoms with Crippen molar-refractivity contribution in [1.29, 1.82) is 0 Å². The van der Waals surface area contributed by atoms with Crippen molar-refractivity contribution in [2.24, 2.45) is 17.3 Å². The van der Waals surface area contributed by atoms with Gasteiger partial charge in [0.05, 0.1) is 11.0 Å². The third-order valence-corrected chi connectivity index (χ3v) is 7.06. The number of hydrogen-bond acceptors (Lipinski definition) is 3. The first-order valence-electron chi connectivity index (χ1n) is 8.10. The molecule has 1 fully saturated rings. The van der Waals surface area contributed by atoms with Crippen LogP contribution in [0.5, 0.6) is 0 Å². The molecule has 120 valence electrons. The second-order valence-corrected chi connectivity index (χ2v) is 10.1. The van der Waals surface area contributed by atoms with Crippen LogP contribution in [0.25, 0.3) is 0 Å².